The van der Waals surface area contributed by atoms with E-state index in [-0.39, 0.29) is 5.92 Å². The highest BCUT2D eigenvalue weighted by atomic mass is 79.9. The van der Waals surface area contributed by atoms with E-state index in [2.05, 4.69) is 32.3 Å². The summed E-state index contributed by atoms with van der Waals surface area (Å²) in [4.78, 5) is 15.4. The molecule has 1 fully saturated rings. The number of nitrogens with zero attached hydrogens (tertiary/aromatic N) is 1. The van der Waals surface area contributed by atoms with Gasteiger partial charge in [0.15, 0.2) is 0 Å². The van der Waals surface area contributed by atoms with Crippen molar-refractivity contribution in [2.75, 3.05) is 5.32 Å². The normalized spacial score (nSPS) is 22.1. The molecule has 1 aliphatic rings. The highest BCUT2D eigenvalue weighted by molar-refractivity contribution is 9.10. The van der Waals surface area contributed by atoms with Gasteiger partial charge in [0, 0.05) is 27.8 Å². The highest BCUT2D eigenvalue weighted by Crippen LogP contribution is 2.31. The molecule has 2 aromatic rings. The lowest BCUT2D eigenvalue weighted by molar-refractivity contribution is -0.142. The van der Waals surface area contributed by atoms with E-state index in [1.54, 1.807) is 6.20 Å². The molecule has 0 radical (unpaired) electrons. The number of nitrogens with one attached hydrogen (secondary N) is 1. The van der Waals surface area contributed by atoms with Gasteiger partial charge in [0.2, 0.25) is 0 Å². The van der Waals surface area contributed by atoms with Gasteiger partial charge in [-0.05, 0) is 53.7 Å². The number of hydrogen-bond acceptors (Lipinski definition) is 3. The number of para-hydroxylation sites is 1. The second-order valence-electron chi connectivity index (χ2n) is 5.53. The number of carbonyl (C=O) groups is 1. The van der Waals surface area contributed by atoms with Gasteiger partial charge in [0.25, 0.3) is 0 Å². The van der Waals surface area contributed by atoms with Crippen LogP contribution in [0.4, 0.5) is 5.69 Å². The summed E-state index contributed by atoms with van der Waals surface area (Å²) in [5.74, 6) is -0.835. The largest absolute Gasteiger partial charge is 0.481 e. The summed E-state index contributed by atoms with van der Waals surface area (Å²) in [6.07, 6.45) is 5.10. The van der Waals surface area contributed by atoms with Crippen LogP contribution in [0.15, 0.2) is 34.9 Å². The highest BCUT2D eigenvalue weighted by Gasteiger charge is 2.26. The topological polar surface area (TPSA) is 62.2 Å². The fourth-order valence-corrected chi connectivity index (χ4v) is 3.44. The van der Waals surface area contributed by atoms with Crippen molar-refractivity contribution >= 4 is 38.5 Å². The van der Waals surface area contributed by atoms with E-state index >= 15 is 0 Å². The van der Waals surface area contributed by atoms with Crippen molar-refractivity contribution in [3.8, 4) is 0 Å². The number of anilines is 1. The number of hydrogen-bond donors (Lipinski definition) is 2. The Morgan fingerprint density at radius 3 is 2.71 bits per heavy atom. The molecule has 1 heterocycles. The van der Waals surface area contributed by atoms with Gasteiger partial charge in [-0.3, -0.25) is 9.78 Å². The maximum atomic E-state index is 11.0. The minimum absolute atomic E-state index is 0.175. The average molecular weight is 349 g/mol. The molecule has 5 heteroatoms. The van der Waals surface area contributed by atoms with E-state index in [9.17, 15) is 4.79 Å². The first kappa shape index (κ1) is 14.3. The molecule has 4 nitrogen and oxygen atoms in total. The summed E-state index contributed by atoms with van der Waals surface area (Å²) in [5.41, 5.74) is 2.02. The van der Waals surface area contributed by atoms with Crippen LogP contribution < -0.4 is 5.32 Å². The zero-order valence-electron chi connectivity index (χ0n) is 11.6. The lowest BCUT2D eigenvalue weighted by Crippen LogP contribution is -2.29. The van der Waals surface area contributed by atoms with Gasteiger partial charge in [0.05, 0.1) is 11.4 Å². The summed E-state index contributed by atoms with van der Waals surface area (Å²) < 4.78 is 0.984. The van der Waals surface area contributed by atoms with E-state index in [4.69, 9.17) is 5.11 Å². The molecule has 21 heavy (non-hydrogen) atoms. The fourth-order valence-electron chi connectivity index (χ4n) is 2.97. The lowest BCUT2D eigenvalue weighted by Gasteiger charge is -2.28. The van der Waals surface area contributed by atoms with Gasteiger partial charge in [-0.25, -0.2) is 0 Å². The molecule has 1 aromatic carbocycles. The molecule has 3 rings (SSSR count). The van der Waals surface area contributed by atoms with Crippen molar-refractivity contribution < 1.29 is 9.90 Å². The first-order valence-electron chi connectivity index (χ1n) is 7.17. The maximum Gasteiger partial charge on any atom is 0.306 e. The van der Waals surface area contributed by atoms with Gasteiger partial charge in [0.1, 0.15) is 0 Å². The van der Waals surface area contributed by atoms with E-state index in [1.165, 1.54) is 0 Å². The molecule has 2 N–H and O–H groups in total. The van der Waals surface area contributed by atoms with E-state index < -0.39 is 5.97 Å². The Balaban J connectivity index is 1.77. The van der Waals surface area contributed by atoms with E-state index in [0.29, 0.717) is 6.04 Å². The molecule has 1 saturated carbocycles. The number of fused-ring (bicyclic) bond motifs is 1. The standard InChI is InChI=1S/C16H17BrN2O2/c17-13-3-1-2-12-14(8-9-18-15(12)13)19-11-6-4-10(5-7-11)16(20)21/h1-3,8-11H,4-7H2,(H,18,19)(H,20,21). The zero-order chi connectivity index (χ0) is 14.8. The van der Waals surface area contributed by atoms with Crippen LogP contribution >= 0.6 is 15.9 Å². The Bertz CT molecular complexity index is 666. The van der Waals surface area contributed by atoms with Crippen LogP contribution in [0.3, 0.4) is 0 Å². The zero-order valence-corrected chi connectivity index (χ0v) is 13.1. The van der Waals surface area contributed by atoms with Crippen LogP contribution in [0, 0.1) is 5.92 Å². The molecule has 0 amide bonds. The molecule has 110 valence electrons. The number of aromatic nitrogens is 1. The van der Waals surface area contributed by atoms with Gasteiger partial charge >= 0.3 is 5.97 Å². The van der Waals surface area contributed by atoms with Gasteiger partial charge in [-0.15, -0.1) is 0 Å². The predicted octanol–water partition coefficient (Wildman–Crippen LogP) is 4.05. The van der Waals surface area contributed by atoms with Crippen LogP contribution in [0.25, 0.3) is 10.9 Å². The summed E-state index contributed by atoms with van der Waals surface area (Å²) in [6.45, 7) is 0. The molecule has 1 aromatic heterocycles. The van der Waals surface area contributed by atoms with Crippen molar-refractivity contribution in [2.24, 2.45) is 5.92 Å². The number of carboxylic acid groups (broad SMARTS) is 1. The Hall–Kier alpha value is -1.62. The number of rotatable bonds is 3. The molecule has 0 aliphatic heterocycles. The molecule has 1 aliphatic carbocycles. The monoisotopic (exact) mass is 348 g/mol. The first-order valence-corrected chi connectivity index (χ1v) is 7.97. The van der Waals surface area contributed by atoms with Crippen LogP contribution in [-0.2, 0) is 4.79 Å². The first-order chi connectivity index (χ1) is 10.1. The number of benzene rings is 1. The third-order valence-electron chi connectivity index (χ3n) is 4.16. The summed E-state index contributed by atoms with van der Waals surface area (Å²) in [5, 5.41) is 13.7. The van der Waals surface area contributed by atoms with Crippen LogP contribution in [0.5, 0.6) is 0 Å². The Labute approximate surface area is 131 Å². The number of halogens is 1. The van der Waals surface area contributed by atoms with Gasteiger partial charge in [-0.1, -0.05) is 12.1 Å². The minimum atomic E-state index is -0.660. The number of pyridine rings is 1. The van der Waals surface area contributed by atoms with Gasteiger partial charge < -0.3 is 10.4 Å². The second-order valence-corrected chi connectivity index (χ2v) is 6.38. The Morgan fingerprint density at radius 1 is 1.24 bits per heavy atom. The van der Waals surface area contributed by atoms with E-state index in [0.717, 1.165) is 46.7 Å². The molecule has 0 atom stereocenters. The molecular formula is C16H17BrN2O2. The SMILES string of the molecule is O=C(O)C1CCC(Nc2ccnc3c(Br)cccc23)CC1. The summed E-state index contributed by atoms with van der Waals surface area (Å²) in [6, 6.07) is 8.36. The van der Waals surface area contributed by atoms with E-state index in [1.807, 2.05) is 18.2 Å². The van der Waals surface area contributed by atoms with Crippen molar-refractivity contribution in [2.45, 2.75) is 31.7 Å². The smallest absolute Gasteiger partial charge is 0.306 e. The van der Waals surface area contributed by atoms with Crippen LogP contribution in [-0.4, -0.2) is 22.1 Å². The number of aliphatic carboxylic acids is 1. The lowest BCUT2D eigenvalue weighted by atomic mass is 9.86. The molecule has 0 saturated heterocycles. The molecular weight excluding hydrogens is 332 g/mol. The summed E-state index contributed by atoms with van der Waals surface area (Å²) in [7, 11) is 0. The van der Waals surface area contributed by atoms with Crippen LogP contribution in [0.2, 0.25) is 0 Å². The number of carboxylic acids is 1. The summed E-state index contributed by atoms with van der Waals surface area (Å²) >= 11 is 3.52. The molecule has 0 spiro atoms. The van der Waals surface area contributed by atoms with Crippen molar-refractivity contribution in [1.82, 2.24) is 4.98 Å². The Morgan fingerprint density at radius 2 is 2.00 bits per heavy atom. The maximum absolute atomic E-state index is 11.0. The van der Waals surface area contributed by atoms with Gasteiger partial charge in [-0.2, -0.15) is 0 Å². The van der Waals surface area contributed by atoms with Crippen molar-refractivity contribution in [1.29, 1.82) is 0 Å². The van der Waals surface area contributed by atoms with Crippen molar-refractivity contribution in [3.63, 3.8) is 0 Å². The van der Waals surface area contributed by atoms with Crippen molar-refractivity contribution in [3.05, 3.63) is 34.9 Å². The third kappa shape index (κ3) is 3.02. The third-order valence-corrected chi connectivity index (χ3v) is 4.80. The fraction of sp³-hybridized carbons (Fsp3) is 0.375. The van der Waals surface area contributed by atoms with Crippen LogP contribution in [0.1, 0.15) is 25.7 Å². The molecule has 0 unspecified atom stereocenters. The predicted molar refractivity (Wildman–Crippen MR) is 86.4 cm³/mol. The molecule has 0 bridgehead atoms. The Kier molecular flexibility index (Phi) is 4.10. The minimum Gasteiger partial charge on any atom is -0.481 e. The quantitative estimate of drug-likeness (QED) is 0.878. The second kappa shape index (κ2) is 6.02. The average Bonchev–Trinajstić information content (AvgIpc) is 2.49.